The standard InChI is InChI=1S/C17H20ClN3O3S/c1-3-21(4-2)25(23,24)15-7-5-6-14(10-15)17(22)20-12-13-8-9-16(18)19-11-13/h5-11H,3-4,12H2,1-2H3,(H,20,22). The van der Waals surface area contributed by atoms with Crippen LogP contribution in [0.5, 0.6) is 0 Å². The summed E-state index contributed by atoms with van der Waals surface area (Å²) in [7, 11) is -3.60. The molecule has 1 amide bonds. The van der Waals surface area contributed by atoms with Gasteiger partial charge < -0.3 is 5.32 Å². The lowest BCUT2D eigenvalue weighted by Crippen LogP contribution is -2.31. The van der Waals surface area contributed by atoms with E-state index in [-0.39, 0.29) is 22.9 Å². The van der Waals surface area contributed by atoms with Gasteiger partial charge in [0, 0.05) is 31.4 Å². The molecule has 0 radical (unpaired) electrons. The molecule has 0 spiro atoms. The molecule has 8 heteroatoms. The maximum absolute atomic E-state index is 12.6. The Morgan fingerprint density at radius 2 is 1.92 bits per heavy atom. The van der Waals surface area contributed by atoms with Crippen molar-refractivity contribution in [3.05, 3.63) is 58.9 Å². The number of benzene rings is 1. The van der Waals surface area contributed by atoms with E-state index in [0.717, 1.165) is 5.56 Å². The third-order valence-corrected chi connectivity index (χ3v) is 5.95. The van der Waals surface area contributed by atoms with E-state index < -0.39 is 10.0 Å². The van der Waals surface area contributed by atoms with Crippen LogP contribution in [0, 0.1) is 0 Å². The molecule has 1 aromatic heterocycles. The summed E-state index contributed by atoms with van der Waals surface area (Å²) in [5.74, 6) is -0.355. The first kappa shape index (κ1) is 19.4. The molecule has 1 aromatic carbocycles. The minimum Gasteiger partial charge on any atom is -0.348 e. The molecule has 1 N–H and O–H groups in total. The van der Waals surface area contributed by atoms with Gasteiger partial charge in [-0.05, 0) is 29.8 Å². The maximum atomic E-state index is 12.6. The van der Waals surface area contributed by atoms with Gasteiger partial charge in [-0.15, -0.1) is 0 Å². The number of rotatable bonds is 7. The lowest BCUT2D eigenvalue weighted by Gasteiger charge is -2.18. The van der Waals surface area contributed by atoms with Crippen LogP contribution in [-0.4, -0.2) is 36.7 Å². The van der Waals surface area contributed by atoms with E-state index in [1.165, 1.54) is 16.4 Å². The highest BCUT2D eigenvalue weighted by Gasteiger charge is 2.22. The summed E-state index contributed by atoms with van der Waals surface area (Å²) in [6.07, 6.45) is 1.57. The van der Waals surface area contributed by atoms with Gasteiger partial charge in [-0.3, -0.25) is 4.79 Å². The van der Waals surface area contributed by atoms with E-state index in [9.17, 15) is 13.2 Å². The number of halogens is 1. The molecule has 1 heterocycles. The van der Waals surface area contributed by atoms with Crippen molar-refractivity contribution in [2.45, 2.75) is 25.3 Å². The molecule has 0 atom stereocenters. The number of pyridine rings is 1. The molecule has 2 rings (SSSR count). The highest BCUT2D eigenvalue weighted by molar-refractivity contribution is 7.89. The van der Waals surface area contributed by atoms with Crippen molar-refractivity contribution >= 4 is 27.5 Å². The molecule has 0 saturated heterocycles. The van der Waals surface area contributed by atoms with Crippen LogP contribution in [0.2, 0.25) is 5.15 Å². The zero-order valence-electron chi connectivity index (χ0n) is 14.1. The van der Waals surface area contributed by atoms with Crippen molar-refractivity contribution in [2.24, 2.45) is 0 Å². The highest BCUT2D eigenvalue weighted by atomic mass is 35.5. The number of carbonyl (C=O) groups is 1. The average molecular weight is 382 g/mol. The first-order valence-corrected chi connectivity index (χ1v) is 9.69. The fraction of sp³-hybridized carbons (Fsp3) is 0.294. The first-order valence-electron chi connectivity index (χ1n) is 7.87. The summed E-state index contributed by atoms with van der Waals surface area (Å²) in [5, 5.41) is 3.12. The van der Waals surface area contributed by atoms with Crippen LogP contribution in [0.4, 0.5) is 0 Å². The van der Waals surface area contributed by atoms with Gasteiger partial charge in [0.2, 0.25) is 10.0 Å². The number of amides is 1. The van der Waals surface area contributed by atoms with Gasteiger partial charge in [-0.25, -0.2) is 13.4 Å². The number of carbonyl (C=O) groups excluding carboxylic acids is 1. The van der Waals surface area contributed by atoms with Crippen LogP contribution >= 0.6 is 11.6 Å². The molecule has 134 valence electrons. The van der Waals surface area contributed by atoms with E-state index >= 15 is 0 Å². The summed E-state index contributed by atoms with van der Waals surface area (Å²) in [6, 6.07) is 9.43. The van der Waals surface area contributed by atoms with Crippen LogP contribution in [-0.2, 0) is 16.6 Å². The van der Waals surface area contributed by atoms with E-state index in [0.29, 0.717) is 18.2 Å². The van der Waals surface area contributed by atoms with Crippen LogP contribution in [0.1, 0.15) is 29.8 Å². The van der Waals surface area contributed by atoms with Crippen LogP contribution in [0.3, 0.4) is 0 Å². The highest BCUT2D eigenvalue weighted by Crippen LogP contribution is 2.17. The van der Waals surface area contributed by atoms with Crippen molar-refractivity contribution in [2.75, 3.05) is 13.1 Å². The Morgan fingerprint density at radius 3 is 2.52 bits per heavy atom. The quantitative estimate of drug-likeness (QED) is 0.748. The molecule has 0 bridgehead atoms. The van der Waals surface area contributed by atoms with Gasteiger partial charge in [0.1, 0.15) is 5.15 Å². The molecule has 0 aliphatic carbocycles. The molecular weight excluding hydrogens is 362 g/mol. The lowest BCUT2D eigenvalue weighted by atomic mass is 10.2. The molecule has 0 unspecified atom stereocenters. The summed E-state index contributed by atoms with van der Waals surface area (Å²) >= 11 is 5.72. The predicted octanol–water partition coefficient (Wildman–Crippen LogP) is 2.70. The minimum absolute atomic E-state index is 0.108. The monoisotopic (exact) mass is 381 g/mol. The second-order valence-corrected chi connectivity index (χ2v) is 7.61. The number of aromatic nitrogens is 1. The molecule has 0 aliphatic heterocycles. The summed E-state index contributed by atoms with van der Waals surface area (Å²) in [5.41, 5.74) is 1.08. The van der Waals surface area contributed by atoms with E-state index in [2.05, 4.69) is 10.3 Å². The minimum atomic E-state index is -3.60. The molecule has 0 saturated carbocycles. The Kier molecular flexibility index (Phi) is 6.52. The Morgan fingerprint density at radius 1 is 1.20 bits per heavy atom. The predicted molar refractivity (Wildman–Crippen MR) is 97.0 cm³/mol. The molecule has 0 fully saturated rings. The maximum Gasteiger partial charge on any atom is 0.251 e. The van der Waals surface area contributed by atoms with Gasteiger partial charge in [-0.2, -0.15) is 4.31 Å². The Balaban J connectivity index is 2.14. The molecule has 2 aromatic rings. The van der Waals surface area contributed by atoms with Crippen LogP contribution in [0.25, 0.3) is 0 Å². The topological polar surface area (TPSA) is 79.4 Å². The van der Waals surface area contributed by atoms with Crippen molar-refractivity contribution in [1.82, 2.24) is 14.6 Å². The van der Waals surface area contributed by atoms with Crippen molar-refractivity contribution in [3.63, 3.8) is 0 Å². The zero-order valence-corrected chi connectivity index (χ0v) is 15.6. The largest absolute Gasteiger partial charge is 0.348 e. The second-order valence-electron chi connectivity index (χ2n) is 5.29. The summed E-state index contributed by atoms with van der Waals surface area (Å²) in [4.78, 5) is 16.4. The summed E-state index contributed by atoms with van der Waals surface area (Å²) < 4.78 is 26.5. The van der Waals surface area contributed by atoms with Crippen molar-refractivity contribution < 1.29 is 13.2 Å². The van der Waals surface area contributed by atoms with Crippen LogP contribution < -0.4 is 5.32 Å². The smallest absolute Gasteiger partial charge is 0.251 e. The van der Waals surface area contributed by atoms with Gasteiger partial charge in [0.05, 0.1) is 4.90 Å². The van der Waals surface area contributed by atoms with Crippen molar-refractivity contribution in [1.29, 1.82) is 0 Å². The second kappa shape index (κ2) is 8.42. The van der Waals surface area contributed by atoms with Gasteiger partial charge >= 0.3 is 0 Å². The molecule has 25 heavy (non-hydrogen) atoms. The number of nitrogens with one attached hydrogen (secondary N) is 1. The Hall–Kier alpha value is -1.96. The number of nitrogens with zero attached hydrogens (tertiary/aromatic N) is 2. The molecule has 0 aliphatic rings. The van der Waals surface area contributed by atoms with Crippen molar-refractivity contribution in [3.8, 4) is 0 Å². The van der Waals surface area contributed by atoms with Gasteiger partial charge in [-0.1, -0.05) is 37.6 Å². The Bertz CT molecular complexity index is 834. The lowest BCUT2D eigenvalue weighted by molar-refractivity contribution is 0.0950. The third-order valence-electron chi connectivity index (χ3n) is 3.68. The SMILES string of the molecule is CCN(CC)S(=O)(=O)c1cccc(C(=O)NCc2ccc(Cl)nc2)c1. The average Bonchev–Trinajstić information content (AvgIpc) is 2.62. The molecular formula is C17H20ClN3O3S. The fourth-order valence-electron chi connectivity index (χ4n) is 2.31. The Labute approximate surface area is 152 Å². The van der Waals surface area contributed by atoms with Crippen LogP contribution in [0.15, 0.2) is 47.5 Å². The number of hydrogen-bond donors (Lipinski definition) is 1. The number of hydrogen-bond acceptors (Lipinski definition) is 4. The fourth-order valence-corrected chi connectivity index (χ4v) is 3.92. The van der Waals surface area contributed by atoms with Gasteiger partial charge in [0.25, 0.3) is 5.91 Å². The zero-order chi connectivity index (χ0) is 18.4. The van der Waals surface area contributed by atoms with E-state index in [1.807, 2.05) is 0 Å². The van der Waals surface area contributed by atoms with E-state index in [4.69, 9.17) is 11.6 Å². The molecule has 6 nitrogen and oxygen atoms in total. The first-order chi connectivity index (χ1) is 11.9. The van der Waals surface area contributed by atoms with Gasteiger partial charge in [0.15, 0.2) is 0 Å². The normalized spacial score (nSPS) is 11.5. The third kappa shape index (κ3) is 4.78. The number of sulfonamides is 1. The summed E-state index contributed by atoms with van der Waals surface area (Å²) in [6.45, 7) is 4.57. The van der Waals surface area contributed by atoms with E-state index in [1.54, 1.807) is 44.3 Å².